The van der Waals surface area contributed by atoms with Crippen LogP contribution in [-0.2, 0) is 4.79 Å². The molecular weight excluding hydrogens is 322 g/mol. The number of carbonyl (C=O) groups is 2. The largest absolute Gasteiger partial charge is 0.298 e. The first-order valence-corrected chi connectivity index (χ1v) is 7.66. The molecule has 0 aromatic heterocycles. The molecule has 6 heteroatoms. The number of nitrogens with one attached hydrogen (secondary N) is 3. The van der Waals surface area contributed by atoms with Gasteiger partial charge in [0.05, 0.1) is 0 Å². The molecule has 2 aromatic carbocycles. The van der Waals surface area contributed by atoms with Crippen LogP contribution in [-0.4, -0.2) is 16.9 Å². The van der Waals surface area contributed by atoms with Crippen molar-refractivity contribution in [2.75, 3.05) is 0 Å². The number of thiocarbonyl (C=S) groups is 1. The molecule has 0 aliphatic rings. The summed E-state index contributed by atoms with van der Waals surface area (Å²) in [6, 6.07) is 16.4. The summed E-state index contributed by atoms with van der Waals surface area (Å²) in [4.78, 5) is 23.6. The first-order valence-electron chi connectivity index (χ1n) is 7.26. The summed E-state index contributed by atoms with van der Waals surface area (Å²) in [5.41, 5.74) is 7.44. The van der Waals surface area contributed by atoms with Gasteiger partial charge < -0.3 is 0 Å². The summed E-state index contributed by atoms with van der Waals surface area (Å²) in [5.74, 6) is -0.732. The van der Waals surface area contributed by atoms with Crippen molar-refractivity contribution >= 4 is 35.2 Å². The Kier molecular flexibility index (Phi) is 6.22. The number of hydrogen-bond acceptors (Lipinski definition) is 3. The van der Waals surface area contributed by atoms with Gasteiger partial charge in [0.25, 0.3) is 5.91 Å². The maximum absolute atomic E-state index is 11.8. The van der Waals surface area contributed by atoms with Gasteiger partial charge in [0.2, 0.25) is 5.91 Å². The van der Waals surface area contributed by atoms with E-state index in [9.17, 15) is 9.59 Å². The van der Waals surface area contributed by atoms with Crippen molar-refractivity contribution in [3.8, 4) is 0 Å². The molecule has 0 radical (unpaired) electrons. The summed E-state index contributed by atoms with van der Waals surface area (Å²) >= 11 is 4.95. The van der Waals surface area contributed by atoms with Crippen molar-refractivity contribution in [3.05, 3.63) is 77.4 Å². The Morgan fingerprint density at radius 3 is 2.29 bits per heavy atom. The number of rotatable bonds is 3. The molecule has 0 fully saturated rings. The molecular formula is C18H17N3O2S. The maximum Gasteiger partial charge on any atom is 0.269 e. The quantitative estimate of drug-likeness (QED) is 0.456. The number of hydrazine groups is 1. The van der Waals surface area contributed by atoms with E-state index in [1.54, 1.807) is 30.3 Å². The van der Waals surface area contributed by atoms with Crippen LogP contribution in [0.3, 0.4) is 0 Å². The van der Waals surface area contributed by atoms with Gasteiger partial charge in [-0.15, -0.1) is 0 Å². The molecule has 5 nitrogen and oxygen atoms in total. The normalized spacial score (nSPS) is 10.2. The van der Waals surface area contributed by atoms with Crippen LogP contribution in [0.1, 0.15) is 21.5 Å². The first-order chi connectivity index (χ1) is 11.5. The van der Waals surface area contributed by atoms with E-state index >= 15 is 0 Å². The molecule has 0 aliphatic heterocycles. The van der Waals surface area contributed by atoms with Gasteiger partial charge in [-0.1, -0.05) is 48.0 Å². The standard InChI is InChI=1S/C18H17N3O2S/c1-13-7-9-14(10-8-13)11-12-16(22)19-18(24)21-20-17(23)15-5-3-2-4-6-15/h2-12H,1H3,(H,20,23)(H2,19,21,22,24). The van der Waals surface area contributed by atoms with Crippen LogP contribution < -0.4 is 16.2 Å². The van der Waals surface area contributed by atoms with E-state index in [4.69, 9.17) is 12.2 Å². The van der Waals surface area contributed by atoms with Gasteiger partial charge in [-0.05, 0) is 42.9 Å². The second-order valence-electron chi connectivity index (χ2n) is 5.01. The Morgan fingerprint density at radius 2 is 1.62 bits per heavy atom. The zero-order chi connectivity index (χ0) is 17.4. The van der Waals surface area contributed by atoms with Crippen molar-refractivity contribution in [1.82, 2.24) is 16.2 Å². The summed E-state index contributed by atoms with van der Waals surface area (Å²) in [7, 11) is 0. The number of benzene rings is 2. The van der Waals surface area contributed by atoms with Crippen LogP contribution in [0.2, 0.25) is 0 Å². The van der Waals surface area contributed by atoms with Crippen LogP contribution in [0.15, 0.2) is 60.7 Å². The van der Waals surface area contributed by atoms with E-state index in [1.807, 2.05) is 37.3 Å². The molecule has 0 spiro atoms. The van der Waals surface area contributed by atoms with Gasteiger partial charge in [0, 0.05) is 11.6 Å². The third-order valence-electron chi connectivity index (χ3n) is 3.07. The first kappa shape index (κ1) is 17.4. The van der Waals surface area contributed by atoms with Crippen LogP contribution in [0.25, 0.3) is 6.08 Å². The van der Waals surface area contributed by atoms with Crippen molar-refractivity contribution in [3.63, 3.8) is 0 Å². The number of amides is 2. The van der Waals surface area contributed by atoms with Gasteiger partial charge in [-0.25, -0.2) is 0 Å². The maximum atomic E-state index is 11.8. The van der Waals surface area contributed by atoms with E-state index in [1.165, 1.54) is 6.08 Å². The Balaban J connectivity index is 1.78. The molecule has 0 bridgehead atoms. The lowest BCUT2D eigenvalue weighted by Crippen LogP contribution is -2.48. The number of carbonyl (C=O) groups excluding carboxylic acids is 2. The third-order valence-corrected chi connectivity index (χ3v) is 3.27. The highest BCUT2D eigenvalue weighted by Crippen LogP contribution is 2.04. The van der Waals surface area contributed by atoms with Gasteiger partial charge >= 0.3 is 0 Å². The lowest BCUT2D eigenvalue weighted by atomic mass is 10.1. The van der Waals surface area contributed by atoms with E-state index in [-0.39, 0.29) is 16.9 Å². The molecule has 2 rings (SSSR count). The third kappa shape index (κ3) is 5.66. The zero-order valence-corrected chi connectivity index (χ0v) is 13.9. The van der Waals surface area contributed by atoms with Crippen molar-refractivity contribution in [2.45, 2.75) is 6.92 Å². The topological polar surface area (TPSA) is 70.2 Å². The highest BCUT2D eigenvalue weighted by atomic mass is 32.1. The van der Waals surface area contributed by atoms with E-state index in [2.05, 4.69) is 16.2 Å². The van der Waals surface area contributed by atoms with E-state index in [0.717, 1.165) is 11.1 Å². The molecule has 0 unspecified atom stereocenters. The Morgan fingerprint density at radius 1 is 0.958 bits per heavy atom. The van der Waals surface area contributed by atoms with Crippen molar-refractivity contribution < 1.29 is 9.59 Å². The van der Waals surface area contributed by atoms with Crippen LogP contribution in [0.4, 0.5) is 0 Å². The molecule has 3 N–H and O–H groups in total. The van der Waals surface area contributed by atoms with Gasteiger partial charge in [-0.2, -0.15) is 0 Å². The highest BCUT2D eigenvalue weighted by Gasteiger charge is 2.05. The lowest BCUT2D eigenvalue weighted by Gasteiger charge is -2.09. The minimum absolute atomic E-state index is 0.0119. The minimum atomic E-state index is -0.387. The highest BCUT2D eigenvalue weighted by molar-refractivity contribution is 7.80. The SMILES string of the molecule is Cc1ccc(C=CC(=O)NC(=S)NNC(=O)c2ccccc2)cc1. The smallest absolute Gasteiger partial charge is 0.269 e. The lowest BCUT2D eigenvalue weighted by molar-refractivity contribution is -0.115. The zero-order valence-electron chi connectivity index (χ0n) is 13.1. The second-order valence-corrected chi connectivity index (χ2v) is 5.42. The predicted octanol–water partition coefficient (Wildman–Crippen LogP) is 2.34. The Hall–Kier alpha value is -2.99. The Labute approximate surface area is 145 Å². The van der Waals surface area contributed by atoms with Gasteiger partial charge in [-0.3, -0.25) is 25.8 Å². The van der Waals surface area contributed by atoms with Crippen LogP contribution in [0, 0.1) is 6.92 Å². The van der Waals surface area contributed by atoms with Gasteiger partial charge in [0.1, 0.15) is 0 Å². The fourth-order valence-electron chi connectivity index (χ4n) is 1.81. The van der Waals surface area contributed by atoms with Gasteiger partial charge in [0.15, 0.2) is 5.11 Å². The monoisotopic (exact) mass is 339 g/mol. The summed E-state index contributed by atoms with van der Waals surface area (Å²) in [6.07, 6.45) is 3.05. The van der Waals surface area contributed by atoms with E-state index < -0.39 is 0 Å². The molecule has 0 heterocycles. The summed E-state index contributed by atoms with van der Waals surface area (Å²) < 4.78 is 0. The molecule has 0 saturated heterocycles. The minimum Gasteiger partial charge on any atom is -0.298 e. The number of hydrogen-bond donors (Lipinski definition) is 3. The predicted molar refractivity (Wildman–Crippen MR) is 98.0 cm³/mol. The average molecular weight is 339 g/mol. The van der Waals surface area contributed by atoms with Crippen molar-refractivity contribution in [1.29, 1.82) is 0 Å². The average Bonchev–Trinajstić information content (AvgIpc) is 2.60. The van der Waals surface area contributed by atoms with E-state index in [0.29, 0.717) is 5.56 Å². The molecule has 0 saturated carbocycles. The van der Waals surface area contributed by atoms with Crippen LogP contribution >= 0.6 is 12.2 Å². The Bertz CT molecular complexity index is 756. The van der Waals surface area contributed by atoms with Crippen molar-refractivity contribution in [2.24, 2.45) is 0 Å². The molecule has 2 amide bonds. The molecule has 24 heavy (non-hydrogen) atoms. The molecule has 122 valence electrons. The fourth-order valence-corrected chi connectivity index (χ4v) is 1.96. The van der Waals surface area contributed by atoms with Crippen LogP contribution in [0.5, 0.6) is 0 Å². The molecule has 0 aliphatic carbocycles. The summed E-state index contributed by atoms with van der Waals surface area (Å²) in [5, 5.41) is 2.46. The number of aryl methyl sites for hydroxylation is 1. The second kappa shape index (κ2) is 8.59. The fraction of sp³-hybridized carbons (Fsp3) is 0.0556. The summed E-state index contributed by atoms with van der Waals surface area (Å²) in [6.45, 7) is 1.99. The molecule has 0 atom stereocenters. The molecule has 2 aromatic rings.